The molecule has 5 heteroatoms. The lowest BCUT2D eigenvalue weighted by Gasteiger charge is -2.11. The second kappa shape index (κ2) is 7.29. The van der Waals surface area contributed by atoms with Crippen molar-refractivity contribution in [2.75, 3.05) is 13.7 Å². The molecule has 21 heavy (non-hydrogen) atoms. The second-order valence-electron chi connectivity index (χ2n) is 4.67. The molecule has 112 valence electrons. The number of hydrogen-bond acceptors (Lipinski definition) is 3. The number of aromatic hydroxyl groups is 1. The van der Waals surface area contributed by atoms with Crippen molar-refractivity contribution in [1.29, 1.82) is 0 Å². The lowest BCUT2D eigenvalue weighted by molar-refractivity contribution is 0.369. The Bertz CT molecular complexity index is 619. The number of hydrogen-bond donors (Lipinski definition) is 2. The summed E-state index contributed by atoms with van der Waals surface area (Å²) in [6.45, 7) is 1.12. The highest BCUT2D eigenvalue weighted by Crippen LogP contribution is 2.33. The summed E-state index contributed by atoms with van der Waals surface area (Å²) >= 11 is 5.97. The van der Waals surface area contributed by atoms with Gasteiger partial charge in [-0.1, -0.05) is 23.7 Å². The number of halogens is 2. The van der Waals surface area contributed by atoms with Crippen LogP contribution in [0, 0.1) is 5.82 Å². The minimum absolute atomic E-state index is 0.0835. The standard InChI is InChI=1S/C16H17ClFNO2/c1-21-15-9-13(17)8-12(16(15)20)10-19-6-5-11-3-2-4-14(18)7-11/h2-4,7-9,19-20H,5-6,10H2,1H3. The molecule has 0 unspecified atom stereocenters. The van der Waals surface area contributed by atoms with Crippen molar-refractivity contribution in [3.8, 4) is 11.5 Å². The van der Waals surface area contributed by atoms with Gasteiger partial charge in [-0.2, -0.15) is 0 Å². The van der Waals surface area contributed by atoms with Gasteiger partial charge in [-0.05, 0) is 36.7 Å². The number of methoxy groups -OCH3 is 1. The molecule has 2 rings (SSSR count). The van der Waals surface area contributed by atoms with E-state index in [2.05, 4.69) is 5.32 Å². The summed E-state index contributed by atoms with van der Waals surface area (Å²) in [7, 11) is 1.48. The number of benzene rings is 2. The molecule has 2 aromatic carbocycles. The van der Waals surface area contributed by atoms with Gasteiger partial charge >= 0.3 is 0 Å². The lowest BCUT2D eigenvalue weighted by atomic mass is 10.1. The Morgan fingerprint density at radius 1 is 1.29 bits per heavy atom. The molecule has 3 nitrogen and oxygen atoms in total. The van der Waals surface area contributed by atoms with Gasteiger partial charge in [0.25, 0.3) is 0 Å². The van der Waals surface area contributed by atoms with Crippen molar-refractivity contribution in [3.05, 3.63) is 58.4 Å². The largest absolute Gasteiger partial charge is 0.504 e. The zero-order valence-electron chi connectivity index (χ0n) is 11.7. The number of ether oxygens (including phenoxy) is 1. The van der Waals surface area contributed by atoms with E-state index in [1.807, 2.05) is 6.07 Å². The van der Waals surface area contributed by atoms with Gasteiger partial charge in [0.1, 0.15) is 5.82 Å². The van der Waals surface area contributed by atoms with Crippen LogP contribution in [0.3, 0.4) is 0 Å². The van der Waals surface area contributed by atoms with Crippen molar-refractivity contribution in [3.63, 3.8) is 0 Å². The van der Waals surface area contributed by atoms with E-state index in [1.165, 1.54) is 19.2 Å². The van der Waals surface area contributed by atoms with Gasteiger partial charge in [0.2, 0.25) is 0 Å². The van der Waals surface area contributed by atoms with Crippen molar-refractivity contribution < 1.29 is 14.2 Å². The molecule has 0 heterocycles. The van der Waals surface area contributed by atoms with Gasteiger partial charge in [0.05, 0.1) is 7.11 Å². The molecular weight excluding hydrogens is 293 g/mol. The van der Waals surface area contributed by atoms with E-state index in [4.69, 9.17) is 16.3 Å². The molecular formula is C16H17ClFNO2. The predicted molar refractivity (Wildman–Crippen MR) is 81.5 cm³/mol. The van der Waals surface area contributed by atoms with E-state index in [9.17, 15) is 9.50 Å². The molecule has 0 aliphatic carbocycles. The SMILES string of the molecule is COc1cc(Cl)cc(CNCCc2cccc(F)c2)c1O. The average molecular weight is 310 g/mol. The molecule has 0 amide bonds. The first-order valence-electron chi connectivity index (χ1n) is 6.60. The van der Waals surface area contributed by atoms with E-state index < -0.39 is 0 Å². The summed E-state index contributed by atoms with van der Waals surface area (Å²) in [5.41, 5.74) is 1.59. The van der Waals surface area contributed by atoms with Crippen LogP contribution < -0.4 is 10.1 Å². The Morgan fingerprint density at radius 3 is 2.81 bits per heavy atom. The summed E-state index contributed by atoms with van der Waals surface area (Å²) in [6.07, 6.45) is 0.705. The van der Waals surface area contributed by atoms with Crippen molar-refractivity contribution in [1.82, 2.24) is 5.32 Å². The molecule has 0 saturated carbocycles. The highest BCUT2D eigenvalue weighted by Gasteiger charge is 2.09. The first kappa shape index (κ1) is 15.6. The Morgan fingerprint density at radius 2 is 2.10 bits per heavy atom. The van der Waals surface area contributed by atoms with Gasteiger partial charge in [-0.3, -0.25) is 0 Å². The maximum Gasteiger partial charge on any atom is 0.162 e. The van der Waals surface area contributed by atoms with Crippen LogP contribution in [0.25, 0.3) is 0 Å². The molecule has 2 aromatic rings. The Kier molecular flexibility index (Phi) is 5.42. The summed E-state index contributed by atoms with van der Waals surface area (Å²) in [4.78, 5) is 0. The van der Waals surface area contributed by atoms with E-state index in [-0.39, 0.29) is 11.6 Å². The molecule has 0 bridgehead atoms. The third-order valence-electron chi connectivity index (χ3n) is 3.13. The number of rotatable bonds is 6. The van der Waals surface area contributed by atoms with Gasteiger partial charge in [-0.15, -0.1) is 0 Å². The normalized spacial score (nSPS) is 10.6. The molecule has 0 radical (unpaired) electrons. The fraction of sp³-hybridized carbons (Fsp3) is 0.250. The maximum absolute atomic E-state index is 13.0. The third-order valence-corrected chi connectivity index (χ3v) is 3.35. The quantitative estimate of drug-likeness (QED) is 0.802. The second-order valence-corrected chi connectivity index (χ2v) is 5.11. The van der Waals surface area contributed by atoms with Crippen molar-refractivity contribution in [2.24, 2.45) is 0 Å². The molecule has 0 aromatic heterocycles. The minimum Gasteiger partial charge on any atom is -0.504 e. The van der Waals surface area contributed by atoms with E-state index in [0.717, 1.165) is 5.56 Å². The first-order valence-corrected chi connectivity index (χ1v) is 6.98. The smallest absolute Gasteiger partial charge is 0.162 e. The zero-order chi connectivity index (χ0) is 15.2. The Labute approximate surface area is 128 Å². The molecule has 0 aliphatic rings. The highest BCUT2D eigenvalue weighted by molar-refractivity contribution is 6.30. The molecule has 0 saturated heterocycles. The topological polar surface area (TPSA) is 41.5 Å². The van der Waals surface area contributed by atoms with E-state index >= 15 is 0 Å². The zero-order valence-corrected chi connectivity index (χ0v) is 12.5. The van der Waals surface area contributed by atoms with Crippen molar-refractivity contribution in [2.45, 2.75) is 13.0 Å². The lowest BCUT2D eigenvalue weighted by Crippen LogP contribution is -2.17. The maximum atomic E-state index is 13.0. The Balaban J connectivity index is 1.90. The molecule has 0 atom stereocenters. The number of phenolic OH excluding ortho intramolecular Hbond substituents is 1. The third kappa shape index (κ3) is 4.34. The number of nitrogens with one attached hydrogen (secondary N) is 1. The molecule has 0 spiro atoms. The first-order chi connectivity index (χ1) is 10.1. The fourth-order valence-corrected chi connectivity index (χ4v) is 2.30. The van der Waals surface area contributed by atoms with Gasteiger partial charge in [0, 0.05) is 23.2 Å². The monoisotopic (exact) mass is 309 g/mol. The van der Waals surface area contributed by atoms with E-state index in [0.29, 0.717) is 35.8 Å². The van der Waals surface area contributed by atoms with Crippen LogP contribution in [0.4, 0.5) is 4.39 Å². The predicted octanol–water partition coefficient (Wildman–Crippen LogP) is 3.53. The minimum atomic E-state index is -0.232. The Hall–Kier alpha value is -1.78. The summed E-state index contributed by atoms with van der Waals surface area (Å²) in [5, 5.41) is 13.7. The van der Waals surface area contributed by atoms with Crippen LogP contribution in [0.2, 0.25) is 5.02 Å². The van der Waals surface area contributed by atoms with Crippen LogP contribution in [-0.2, 0) is 13.0 Å². The van der Waals surface area contributed by atoms with Crippen LogP contribution >= 0.6 is 11.6 Å². The van der Waals surface area contributed by atoms with E-state index in [1.54, 1.807) is 18.2 Å². The molecule has 0 fully saturated rings. The average Bonchev–Trinajstić information content (AvgIpc) is 2.46. The number of phenols is 1. The van der Waals surface area contributed by atoms with Crippen LogP contribution in [-0.4, -0.2) is 18.8 Å². The molecule has 0 aliphatic heterocycles. The van der Waals surface area contributed by atoms with Crippen LogP contribution in [0.15, 0.2) is 36.4 Å². The fourth-order valence-electron chi connectivity index (χ4n) is 2.07. The molecule has 2 N–H and O–H groups in total. The summed E-state index contributed by atoms with van der Waals surface area (Å²) in [5.74, 6) is 0.203. The van der Waals surface area contributed by atoms with Gasteiger partial charge in [0.15, 0.2) is 11.5 Å². The summed E-state index contributed by atoms with van der Waals surface area (Å²) < 4.78 is 18.1. The van der Waals surface area contributed by atoms with Gasteiger partial charge < -0.3 is 15.2 Å². The van der Waals surface area contributed by atoms with Crippen LogP contribution in [0.1, 0.15) is 11.1 Å². The summed E-state index contributed by atoms with van der Waals surface area (Å²) in [6, 6.07) is 9.76. The highest BCUT2D eigenvalue weighted by atomic mass is 35.5. The van der Waals surface area contributed by atoms with Crippen LogP contribution in [0.5, 0.6) is 11.5 Å². The van der Waals surface area contributed by atoms with Gasteiger partial charge in [-0.25, -0.2) is 4.39 Å². The van der Waals surface area contributed by atoms with Crippen molar-refractivity contribution >= 4 is 11.6 Å².